The molecule has 1 N–H and O–H groups in total. The number of likely N-dealkylation sites (N-methyl/N-ethyl adjacent to an activating group) is 1. The van der Waals surface area contributed by atoms with Gasteiger partial charge in [0.05, 0.1) is 13.2 Å². The molecule has 1 aromatic rings. The van der Waals surface area contributed by atoms with Crippen molar-refractivity contribution in [2.24, 2.45) is 4.99 Å². The quantitative estimate of drug-likeness (QED) is 0.720. The van der Waals surface area contributed by atoms with Crippen LogP contribution in [0.4, 0.5) is 4.79 Å². The largest absolute Gasteiger partial charge is 0.378 e. The summed E-state index contributed by atoms with van der Waals surface area (Å²) in [4.78, 5) is 39.5. The second-order valence-electron chi connectivity index (χ2n) is 6.59. The molecule has 3 aliphatic rings. The molecule has 4 rings (SSSR count). The highest BCUT2D eigenvalue weighted by Gasteiger charge is 2.49. The van der Waals surface area contributed by atoms with Crippen molar-refractivity contribution in [2.75, 3.05) is 45.6 Å². The van der Waals surface area contributed by atoms with Gasteiger partial charge in [0.1, 0.15) is 4.34 Å². The molecular weight excluding hydrogens is 388 g/mol. The van der Waals surface area contributed by atoms with Gasteiger partial charge < -0.3 is 19.4 Å². The summed E-state index contributed by atoms with van der Waals surface area (Å²) >= 11 is 3.30. The summed E-state index contributed by atoms with van der Waals surface area (Å²) < 4.78 is 6.47. The smallest absolute Gasteiger partial charge is 0.325 e. The average Bonchev–Trinajstić information content (AvgIpc) is 3.25. The monoisotopic (exact) mass is 410 g/mol. The molecule has 2 saturated heterocycles. The molecule has 27 heavy (non-hydrogen) atoms. The fourth-order valence-electron chi connectivity index (χ4n) is 3.41. The third kappa shape index (κ3) is 3.63. The number of aromatic nitrogens is 1. The Hall–Kier alpha value is -1.85. The molecule has 146 valence electrons. The number of imide groups is 1. The summed E-state index contributed by atoms with van der Waals surface area (Å²) in [6.45, 7) is 5.36. The Bertz CT molecular complexity index is 763. The molecule has 0 aromatic carbocycles. The van der Waals surface area contributed by atoms with Gasteiger partial charge in [-0.1, -0.05) is 11.8 Å². The van der Waals surface area contributed by atoms with Gasteiger partial charge in [0.2, 0.25) is 0 Å². The molecule has 0 saturated carbocycles. The number of morpholine rings is 1. The third-order valence-electron chi connectivity index (χ3n) is 4.79. The third-order valence-corrected chi connectivity index (χ3v) is 6.91. The number of hydrogen-bond acceptors (Lipinski definition) is 9. The molecule has 4 heterocycles. The highest BCUT2D eigenvalue weighted by molar-refractivity contribution is 8.01. The van der Waals surface area contributed by atoms with Crippen molar-refractivity contribution in [3.8, 4) is 0 Å². The molecule has 2 unspecified atom stereocenters. The molecule has 0 bridgehead atoms. The summed E-state index contributed by atoms with van der Waals surface area (Å²) in [6.07, 6.45) is -0.490. The molecule has 3 aliphatic heterocycles. The fraction of sp³-hybridized carbons (Fsp3) is 0.625. The van der Waals surface area contributed by atoms with Crippen LogP contribution in [0, 0.1) is 6.92 Å². The lowest BCUT2D eigenvalue weighted by Crippen LogP contribution is -2.64. The lowest BCUT2D eigenvalue weighted by Gasteiger charge is -2.38. The summed E-state index contributed by atoms with van der Waals surface area (Å²) in [7, 11) is 1.68. The second kappa shape index (κ2) is 7.64. The minimum atomic E-state index is -0.496. The SMILES string of the molecule is Cc1csc(SCCN2C(N3CCOCC3)=NC3C2C(=O)NC(=O)N3C)n1. The Morgan fingerprint density at radius 1 is 1.37 bits per heavy atom. The average molecular weight is 411 g/mol. The van der Waals surface area contributed by atoms with Gasteiger partial charge in [-0.2, -0.15) is 0 Å². The number of nitrogens with zero attached hydrogens (tertiary/aromatic N) is 5. The Morgan fingerprint density at radius 2 is 2.15 bits per heavy atom. The predicted octanol–water partition coefficient (Wildman–Crippen LogP) is 0.424. The predicted molar refractivity (Wildman–Crippen MR) is 103 cm³/mol. The summed E-state index contributed by atoms with van der Waals surface area (Å²) in [6, 6.07) is -0.898. The molecule has 1 aromatic heterocycles. The van der Waals surface area contributed by atoms with Crippen LogP contribution in [0.15, 0.2) is 14.7 Å². The number of amides is 3. The van der Waals surface area contributed by atoms with Gasteiger partial charge in [-0.25, -0.2) is 14.8 Å². The highest BCUT2D eigenvalue weighted by atomic mass is 32.2. The Labute approximate surface area is 165 Å². The number of aliphatic imine (C=N–C) groups is 1. The van der Waals surface area contributed by atoms with Crippen molar-refractivity contribution in [3.63, 3.8) is 0 Å². The number of urea groups is 1. The van der Waals surface area contributed by atoms with Crippen LogP contribution in [0.1, 0.15) is 5.69 Å². The molecule has 0 spiro atoms. The zero-order valence-corrected chi connectivity index (χ0v) is 16.9. The fourth-order valence-corrected chi connectivity index (χ4v) is 5.27. The van der Waals surface area contributed by atoms with Gasteiger partial charge >= 0.3 is 6.03 Å². The molecule has 2 fully saturated rings. The number of thiazole rings is 1. The number of thioether (sulfide) groups is 1. The van der Waals surface area contributed by atoms with Crippen molar-refractivity contribution in [2.45, 2.75) is 23.5 Å². The maximum Gasteiger partial charge on any atom is 0.325 e. The lowest BCUT2D eigenvalue weighted by atomic mass is 10.1. The van der Waals surface area contributed by atoms with E-state index in [-0.39, 0.29) is 5.91 Å². The van der Waals surface area contributed by atoms with Gasteiger partial charge in [0.25, 0.3) is 5.91 Å². The topological polar surface area (TPSA) is 90.4 Å². The number of guanidine groups is 1. The first-order valence-corrected chi connectivity index (χ1v) is 10.7. The molecule has 9 nitrogen and oxygen atoms in total. The standard InChI is InChI=1S/C16H22N6O3S2/c1-10-9-27-16(17-10)26-8-5-22-11-12(20(2)15(24)19-13(11)23)18-14(22)21-3-6-25-7-4-21/h9,11-12H,3-8H2,1-2H3,(H,19,23,24). The zero-order chi connectivity index (χ0) is 19.0. The maximum atomic E-state index is 12.6. The normalized spacial score (nSPS) is 25.6. The van der Waals surface area contributed by atoms with Crippen LogP contribution in [0.3, 0.4) is 0 Å². The van der Waals surface area contributed by atoms with Gasteiger partial charge in [0.15, 0.2) is 18.2 Å². The van der Waals surface area contributed by atoms with E-state index < -0.39 is 18.2 Å². The molecule has 11 heteroatoms. The molecule has 2 atom stereocenters. The Morgan fingerprint density at radius 3 is 2.85 bits per heavy atom. The van der Waals surface area contributed by atoms with Crippen LogP contribution in [-0.2, 0) is 9.53 Å². The number of hydrogen-bond donors (Lipinski definition) is 1. The van der Waals surface area contributed by atoms with E-state index in [1.807, 2.05) is 17.2 Å². The van der Waals surface area contributed by atoms with Crippen LogP contribution >= 0.6 is 23.1 Å². The Balaban J connectivity index is 1.52. The van der Waals surface area contributed by atoms with Crippen LogP contribution in [-0.4, -0.2) is 95.4 Å². The van der Waals surface area contributed by atoms with Crippen molar-refractivity contribution >= 4 is 41.0 Å². The number of aryl methyl sites for hydroxylation is 1. The highest BCUT2D eigenvalue weighted by Crippen LogP contribution is 2.28. The van der Waals surface area contributed by atoms with Crippen molar-refractivity contribution < 1.29 is 14.3 Å². The van der Waals surface area contributed by atoms with Crippen LogP contribution in [0.5, 0.6) is 0 Å². The Kier molecular flexibility index (Phi) is 5.24. The lowest BCUT2D eigenvalue weighted by molar-refractivity contribution is -0.127. The molecule has 3 amide bonds. The number of rotatable bonds is 4. The van der Waals surface area contributed by atoms with E-state index in [1.165, 1.54) is 4.90 Å². The van der Waals surface area contributed by atoms with Gasteiger partial charge in [-0.05, 0) is 6.92 Å². The molecular formula is C16H22N6O3S2. The van der Waals surface area contributed by atoms with E-state index in [4.69, 9.17) is 9.73 Å². The first-order chi connectivity index (χ1) is 13.0. The first kappa shape index (κ1) is 18.5. The van der Waals surface area contributed by atoms with Gasteiger partial charge in [-0.3, -0.25) is 10.1 Å². The van der Waals surface area contributed by atoms with E-state index in [0.717, 1.165) is 34.8 Å². The van der Waals surface area contributed by atoms with E-state index in [9.17, 15) is 9.59 Å². The number of fused-ring (bicyclic) bond motifs is 1. The van der Waals surface area contributed by atoms with Crippen molar-refractivity contribution in [1.82, 2.24) is 25.0 Å². The van der Waals surface area contributed by atoms with Crippen LogP contribution < -0.4 is 5.32 Å². The van der Waals surface area contributed by atoms with Gasteiger partial charge in [-0.15, -0.1) is 11.3 Å². The zero-order valence-electron chi connectivity index (χ0n) is 15.3. The minimum Gasteiger partial charge on any atom is -0.378 e. The summed E-state index contributed by atoms with van der Waals surface area (Å²) in [5, 5.41) is 4.47. The van der Waals surface area contributed by atoms with E-state index in [2.05, 4.69) is 15.2 Å². The minimum absolute atomic E-state index is 0.287. The van der Waals surface area contributed by atoms with Crippen LogP contribution in [0.2, 0.25) is 0 Å². The van der Waals surface area contributed by atoms with Gasteiger partial charge in [0, 0.05) is 43.5 Å². The number of ether oxygens (including phenoxy) is 1. The number of carbonyl (C=O) groups excluding carboxylic acids is 2. The van der Waals surface area contributed by atoms with Crippen molar-refractivity contribution in [1.29, 1.82) is 0 Å². The van der Waals surface area contributed by atoms with E-state index in [1.54, 1.807) is 30.1 Å². The van der Waals surface area contributed by atoms with Crippen LogP contribution in [0.25, 0.3) is 0 Å². The molecule has 0 radical (unpaired) electrons. The van der Waals surface area contributed by atoms with E-state index in [0.29, 0.717) is 19.8 Å². The first-order valence-electron chi connectivity index (χ1n) is 8.84. The summed E-state index contributed by atoms with van der Waals surface area (Å²) in [5.74, 6) is 1.27. The number of nitrogens with one attached hydrogen (secondary N) is 1. The number of carbonyl (C=O) groups is 2. The summed E-state index contributed by atoms with van der Waals surface area (Å²) in [5.41, 5.74) is 1.02. The maximum absolute atomic E-state index is 12.6. The van der Waals surface area contributed by atoms with Crippen molar-refractivity contribution in [3.05, 3.63) is 11.1 Å². The molecule has 0 aliphatic carbocycles. The van der Waals surface area contributed by atoms with E-state index >= 15 is 0 Å². The second-order valence-corrected chi connectivity index (χ2v) is 8.79.